The molecule has 0 N–H and O–H groups in total. The molecule has 1 fully saturated rings. The molecule has 0 unspecified atom stereocenters. The highest BCUT2D eigenvalue weighted by Crippen LogP contribution is 2.34. The Morgan fingerprint density at radius 2 is 1.27 bits per heavy atom. The molecular weight excluding hydrogens is 444 g/mol. The van der Waals surface area contributed by atoms with Gasteiger partial charge in [-0.15, -0.1) is 12.8 Å². The first-order chi connectivity index (χ1) is 18.2. The van der Waals surface area contributed by atoms with Crippen LogP contribution in [0.4, 0.5) is 0 Å². The SMILES string of the molecule is C#Cc1ccc(C#C)c(C2CCCCC2)c1.CCCCCCc1ccccc1.CCCc1ccccc1. The summed E-state index contributed by atoms with van der Waals surface area (Å²) in [4.78, 5) is 0. The average Bonchev–Trinajstić information content (AvgIpc) is 2.97. The molecule has 0 amide bonds. The molecule has 0 radical (unpaired) electrons. The summed E-state index contributed by atoms with van der Waals surface area (Å²) in [5.74, 6) is 6.08. The van der Waals surface area contributed by atoms with Crippen molar-refractivity contribution in [3.05, 3.63) is 107 Å². The Hall–Kier alpha value is -3.22. The molecule has 0 nitrogen and oxygen atoms in total. The standard InChI is InChI=1S/C16H16.C12H18.C9H12/c1-3-13-10-11-14(4-2)16(12-13)15-8-6-5-7-9-15;1-2-3-4-6-9-12-10-7-5-8-11-12;1-2-6-9-7-4-3-5-8-9/h1-2,10-12,15H,5-9H2;5,7-8,10-11H,2-4,6,9H2,1H3;3-5,7-8H,2,6H2,1H3. The Labute approximate surface area is 227 Å². The van der Waals surface area contributed by atoms with Crippen molar-refractivity contribution in [2.24, 2.45) is 0 Å². The van der Waals surface area contributed by atoms with E-state index in [0.717, 1.165) is 11.1 Å². The molecule has 0 atom stereocenters. The zero-order chi connectivity index (χ0) is 26.6. The maximum atomic E-state index is 5.55. The fourth-order valence-electron chi connectivity index (χ4n) is 4.87. The maximum Gasteiger partial charge on any atom is 0.0278 e. The Kier molecular flexibility index (Phi) is 15.4. The van der Waals surface area contributed by atoms with E-state index in [1.807, 2.05) is 12.1 Å². The summed E-state index contributed by atoms with van der Waals surface area (Å²) >= 11 is 0. The predicted octanol–water partition coefficient (Wildman–Crippen LogP) is 10.1. The summed E-state index contributed by atoms with van der Waals surface area (Å²) in [6.07, 6.45) is 26.6. The van der Waals surface area contributed by atoms with Crippen LogP contribution in [-0.2, 0) is 12.8 Å². The number of rotatable bonds is 8. The lowest BCUT2D eigenvalue weighted by Crippen LogP contribution is -2.06. The van der Waals surface area contributed by atoms with E-state index < -0.39 is 0 Å². The molecule has 0 spiro atoms. The van der Waals surface area contributed by atoms with Gasteiger partial charge in [0.15, 0.2) is 0 Å². The topological polar surface area (TPSA) is 0 Å². The highest BCUT2D eigenvalue weighted by atomic mass is 14.2. The van der Waals surface area contributed by atoms with Crippen molar-refractivity contribution in [3.63, 3.8) is 0 Å². The molecule has 37 heavy (non-hydrogen) atoms. The van der Waals surface area contributed by atoms with Crippen LogP contribution in [0.5, 0.6) is 0 Å². The van der Waals surface area contributed by atoms with Crippen LogP contribution in [0.2, 0.25) is 0 Å². The molecule has 0 saturated heterocycles. The number of aryl methyl sites for hydroxylation is 2. The molecule has 0 heteroatoms. The lowest BCUT2D eigenvalue weighted by molar-refractivity contribution is 0.443. The highest BCUT2D eigenvalue weighted by Gasteiger charge is 2.18. The summed E-state index contributed by atoms with van der Waals surface area (Å²) in [5, 5.41) is 0. The van der Waals surface area contributed by atoms with E-state index in [4.69, 9.17) is 12.8 Å². The minimum atomic E-state index is 0.619. The zero-order valence-electron chi connectivity index (χ0n) is 23.2. The van der Waals surface area contributed by atoms with E-state index in [-0.39, 0.29) is 0 Å². The van der Waals surface area contributed by atoms with Gasteiger partial charge in [-0.05, 0) is 72.9 Å². The van der Waals surface area contributed by atoms with Gasteiger partial charge in [0, 0.05) is 11.1 Å². The quantitative estimate of drug-likeness (QED) is 0.218. The third kappa shape index (κ3) is 12.0. The lowest BCUT2D eigenvalue weighted by Gasteiger charge is -2.23. The number of unbranched alkanes of at least 4 members (excludes halogenated alkanes) is 3. The Bertz CT molecular complexity index is 1060. The van der Waals surface area contributed by atoms with Crippen molar-refractivity contribution in [1.29, 1.82) is 0 Å². The van der Waals surface area contributed by atoms with Crippen LogP contribution in [0.3, 0.4) is 0 Å². The third-order valence-electron chi connectivity index (χ3n) is 6.96. The van der Waals surface area contributed by atoms with Gasteiger partial charge >= 0.3 is 0 Å². The Morgan fingerprint density at radius 3 is 1.81 bits per heavy atom. The zero-order valence-corrected chi connectivity index (χ0v) is 23.2. The van der Waals surface area contributed by atoms with Crippen molar-refractivity contribution in [3.8, 4) is 24.7 Å². The first kappa shape index (κ1) is 30.0. The van der Waals surface area contributed by atoms with Gasteiger partial charge in [-0.3, -0.25) is 0 Å². The van der Waals surface area contributed by atoms with Gasteiger partial charge in [-0.25, -0.2) is 0 Å². The molecule has 4 rings (SSSR count). The second-order valence-electron chi connectivity index (χ2n) is 9.96. The Morgan fingerprint density at radius 1 is 0.649 bits per heavy atom. The molecule has 0 aromatic heterocycles. The van der Waals surface area contributed by atoms with Crippen molar-refractivity contribution in [2.75, 3.05) is 0 Å². The number of hydrogen-bond donors (Lipinski definition) is 0. The van der Waals surface area contributed by atoms with Crippen LogP contribution >= 0.6 is 0 Å². The molecule has 0 heterocycles. The van der Waals surface area contributed by atoms with Gasteiger partial charge in [0.05, 0.1) is 0 Å². The summed E-state index contributed by atoms with van der Waals surface area (Å²) in [6.45, 7) is 4.45. The van der Waals surface area contributed by atoms with E-state index in [9.17, 15) is 0 Å². The van der Waals surface area contributed by atoms with Gasteiger partial charge in [0.2, 0.25) is 0 Å². The fourth-order valence-corrected chi connectivity index (χ4v) is 4.87. The van der Waals surface area contributed by atoms with Crippen LogP contribution in [0.1, 0.15) is 112 Å². The summed E-state index contributed by atoms with van der Waals surface area (Å²) < 4.78 is 0. The van der Waals surface area contributed by atoms with E-state index >= 15 is 0 Å². The maximum absolute atomic E-state index is 5.55. The second kappa shape index (κ2) is 19.0. The monoisotopic (exact) mass is 490 g/mol. The average molecular weight is 491 g/mol. The van der Waals surface area contributed by atoms with Crippen molar-refractivity contribution >= 4 is 0 Å². The highest BCUT2D eigenvalue weighted by molar-refractivity contribution is 5.48. The van der Waals surface area contributed by atoms with Gasteiger partial charge < -0.3 is 0 Å². The van der Waals surface area contributed by atoms with Crippen LogP contribution in [0, 0.1) is 24.7 Å². The molecule has 194 valence electrons. The van der Waals surface area contributed by atoms with E-state index in [2.05, 4.69) is 92.4 Å². The Balaban J connectivity index is 0.000000204. The molecule has 3 aromatic carbocycles. The molecular formula is C37H46. The van der Waals surface area contributed by atoms with E-state index in [1.165, 1.54) is 93.7 Å². The third-order valence-corrected chi connectivity index (χ3v) is 6.96. The van der Waals surface area contributed by atoms with Crippen molar-refractivity contribution in [2.45, 2.75) is 96.8 Å². The molecule has 1 aliphatic rings. The van der Waals surface area contributed by atoms with Gasteiger partial charge in [0.25, 0.3) is 0 Å². The smallest absolute Gasteiger partial charge is 0.0278 e. The molecule has 1 aliphatic carbocycles. The van der Waals surface area contributed by atoms with Gasteiger partial charge in [-0.1, -0.05) is 131 Å². The first-order valence-electron chi connectivity index (χ1n) is 14.4. The van der Waals surface area contributed by atoms with Gasteiger partial charge in [0.1, 0.15) is 0 Å². The van der Waals surface area contributed by atoms with Crippen LogP contribution in [0.25, 0.3) is 0 Å². The van der Waals surface area contributed by atoms with E-state index in [0.29, 0.717) is 5.92 Å². The minimum Gasteiger partial charge on any atom is -0.115 e. The van der Waals surface area contributed by atoms with Crippen molar-refractivity contribution in [1.82, 2.24) is 0 Å². The predicted molar refractivity (Wildman–Crippen MR) is 163 cm³/mol. The van der Waals surface area contributed by atoms with Crippen molar-refractivity contribution < 1.29 is 0 Å². The van der Waals surface area contributed by atoms with E-state index in [1.54, 1.807) is 0 Å². The molecule has 0 bridgehead atoms. The molecule has 0 aliphatic heterocycles. The number of terminal acetylenes is 2. The largest absolute Gasteiger partial charge is 0.115 e. The second-order valence-corrected chi connectivity index (χ2v) is 9.96. The number of hydrogen-bond acceptors (Lipinski definition) is 0. The number of benzene rings is 3. The normalized spacial score (nSPS) is 12.6. The molecule has 1 saturated carbocycles. The van der Waals surface area contributed by atoms with Crippen LogP contribution in [0.15, 0.2) is 78.9 Å². The lowest BCUT2D eigenvalue weighted by atomic mass is 9.81. The molecule has 3 aromatic rings. The van der Waals surface area contributed by atoms with Crippen LogP contribution < -0.4 is 0 Å². The summed E-state index contributed by atoms with van der Waals surface area (Å²) in [7, 11) is 0. The fraction of sp³-hybridized carbons (Fsp3) is 0.405. The van der Waals surface area contributed by atoms with Gasteiger partial charge in [-0.2, -0.15) is 0 Å². The summed E-state index contributed by atoms with van der Waals surface area (Å²) in [6, 6.07) is 27.3. The van der Waals surface area contributed by atoms with Crippen LogP contribution in [-0.4, -0.2) is 0 Å². The minimum absolute atomic E-state index is 0.619. The first-order valence-corrected chi connectivity index (χ1v) is 14.4. The summed E-state index contributed by atoms with van der Waals surface area (Å²) in [5.41, 5.74) is 6.18.